The van der Waals surface area contributed by atoms with E-state index in [9.17, 15) is 14.4 Å². The summed E-state index contributed by atoms with van der Waals surface area (Å²) in [7, 11) is 0. The Bertz CT molecular complexity index is 241. The Morgan fingerprint density at radius 2 is 1.39 bits per heavy atom. The van der Waals surface area contributed by atoms with Gasteiger partial charge in [-0.3, -0.25) is 0 Å². The molecule has 0 saturated heterocycles. The molecule has 0 fully saturated rings. The lowest BCUT2D eigenvalue weighted by Gasteiger charge is -2.16. The number of nitrogens with one attached hydrogen (secondary N) is 2. The Morgan fingerprint density at radius 1 is 1.00 bits per heavy atom. The lowest BCUT2D eigenvalue weighted by molar-refractivity contribution is -0.109. The summed E-state index contributed by atoms with van der Waals surface area (Å²) in [6.07, 6.45) is 6.49. The third-order valence-corrected chi connectivity index (χ3v) is 3.52. The Morgan fingerprint density at radius 3 is 1.67 bits per heavy atom. The predicted octanol–water partition coefficient (Wildman–Crippen LogP) is 0.927. The van der Waals surface area contributed by atoms with Crippen molar-refractivity contribution in [2.24, 2.45) is 0 Å². The van der Waals surface area contributed by atoms with Crippen molar-refractivity contribution in [2.75, 3.05) is 24.0 Å². The molecule has 0 aromatic carbocycles. The van der Waals surface area contributed by atoms with E-state index in [0.29, 0.717) is 25.4 Å². The fraction of sp³-hybridized carbons (Fsp3) is 0.727. The molecule has 5 nitrogen and oxygen atoms in total. The second kappa shape index (κ2) is 11.4. The third-order valence-electron chi connectivity index (χ3n) is 2.23. The van der Waals surface area contributed by atoms with Crippen LogP contribution >= 0.6 is 23.5 Å². The maximum absolute atomic E-state index is 11.6. The zero-order chi connectivity index (χ0) is 13.8. The largest absolute Gasteiger partial charge is 0.329 e. The first-order valence-corrected chi connectivity index (χ1v) is 8.42. The molecule has 0 radical (unpaired) electrons. The molecular formula is C11H20N2O3S2. The smallest absolute Gasteiger partial charge is 0.315 e. The fourth-order valence-electron chi connectivity index (χ4n) is 1.22. The van der Waals surface area contributed by atoms with Crippen molar-refractivity contribution in [3.8, 4) is 0 Å². The topological polar surface area (TPSA) is 75.3 Å². The Labute approximate surface area is 116 Å². The molecule has 0 aliphatic carbocycles. The summed E-state index contributed by atoms with van der Waals surface area (Å²) < 4.78 is 0. The lowest BCUT2D eigenvalue weighted by Crippen LogP contribution is -2.47. The van der Waals surface area contributed by atoms with Crippen molar-refractivity contribution >= 4 is 42.1 Å². The van der Waals surface area contributed by atoms with Crippen molar-refractivity contribution in [2.45, 2.75) is 24.9 Å². The second-order valence-electron chi connectivity index (χ2n) is 3.67. The number of rotatable bonds is 10. The number of carbonyl (C=O) groups is 3. The first kappa shape index (κ1) is 17.3. The summed E-state index contributed by atoms with van der Waals surface area (Å²) in [6.45, 7) is 0. The zero-order valence-electron chi connectivity index (χ0n) is 10.7. The van der Waals surface area contributed by atoms with E-state index < -0.39 is 18.1 Å². The summed E-state index contributed by atoms with van der Waals surface area (Å²) in [5.41, 5.74) is 0. The van der Waals surface area contributed by atoms with E-state index in [0.717, 1.165) is 11.5 Å². The van der Waals surface area contributed by atoms with E-state index in [2.05, 4.69) is 10.6 Å². The highest BCUT2D eigenvalue weighted by molar-refractivity contribution is 7.98. The van der Waals surface area contributed by atoms with Crippen molar-refractivity contribution in [3.63, 3.8) is 0 Å². The Hall–Kier alpha value is -0.690. The van der Waals surface area contributed by atoms with Crippen LogP contribution in [0, 0.1) is 0 Å². The first-order valence-electron chi connectivity index (χ1n) is 5.63. The molecular weight excluding hydrogens is 272 g/mol. The minimum atomic E-state index is -0.495. The number of urea groups is 1. The molecule has 18 heavy (non-hydrogen) atoms. The third kappa shape index (κ3) is 8.41. The van der Waals surface area contributed by atoms with Crippen molar-refractivity contribution in [1.82, 2.24) is 10.6 Å². The number of thioether (sulfide) groups is 2. The molecule has 0 rings (SSSR count). The quantitative estimate of drug-likeness (QED) is 0.586. The monoisotopic (exact) mass is 292 g/mol. The maximum atomic E-state index is 11.6. The standard InChI is InChI=1S/C11H20N2O3S2/c1-17-5-3-9(7-14)12-11(16)13-10(8-15)4-6-18-2/h7-10H,3-6H2,1-2H3,(H2,12,13,16). The van der Waals surface area contributed by atoms with Gasteiger partial charge in [-0.2, -0.15) is 23.5 Å². The van der Waals surface area contributed by atoms with E-state index in [-0.39, 0.29) is 0 Å². The minimum absolute atomic E-state index is 0.466. The van der Waals surface area contributed by atoms with Crippen LogP contribution in [0.2, 0.25) is 0 Å². The molecule has 0 heterocycles. The van der Waals surface area contributed by atoms with E-state index in [1.807, 2.05) is 12.5 Å². The van der Waals surface area contributed by atoms with Crippen LogP contribution in [0.1, 0.15) is 12.8 Å². The molecule has 0 bridgehead atoms. The van der Waals surface area contributed by atoms with Gasteiger partial charge in [0.2, 0.25) is 0 Å². The van der Waals surface area contributed by atoms with Gasteiger partial charge in [-0.15, -0.1) is 0 Å². The molecule has 0 aliphatic heterocycles. The zero-order valence-corrected chi connectivity index (χ0v) is 12.3. The highest BCUT2D eigenvalue weighted by Gasteiger charge is 2.14. The van der Waals surface area contributed by atoms with Crippen molar-refractivity contribution in [1.29, 1.82) is 0 Å². The average Bonchev–Trinajstić information content (AvgIpc) is 2.39. The summed E-state index contributed by atoms with van der Waals surface area (Å²) >= 11 is 3.22. The van der Waals surface area contributed by atoms with Crippen LogP contribution in [0.4, 0.5) is 4.79 Å². The van der Waals surface area contributed by atoms with Crippen LogP contribution in [0.25, 0.3) is 0 Å². The van der Waals surface area contributed by atoms with Gasteiger partial charge >= 0.3 is 6.03 Å². The second-order valence-corrected chi connectivity index (χ2v) is 5.64. The number of hydrogen-bond donors (Lipinski definition) is 2. The van der Waals surface area contributed by atoms with Gasteiger partial charge in [0, 0.05) is 0 Å². The van der Waals surface area contributed by atoms with Gasteiger partial charge in [0.15, 0.2) is 0 Å². The van der Waals surface area contributed by atoms with Crippen LogP contribution < -0.4 is 10.6 Å². The molecule has 0 aromatic rings. The van der Waals surface area contributed by atoms with Gasteiger partial charge in [-0.25, -0.2) is 4.79 Å². The highest BCUT2D eigenvalue weighted by Crippen LogP contribution is 2.00. The molecule has 2 unspecified atom stereocenters. The number of carbonyl (C=O) groups excluding carboxylic acids is 3. The molecule has 0 aromatic heterocycles. The fourth-order valence-corrected chi connectivity index (χ4v) is 2.20. The van der Waals surface area contributed by atoms with Crippen LogP contribution in [-0.2, 0) is 9.59 Å². The van der Waals surface area contributed by atoms with Gasteiger partial charge in [0.05, 0.1) is 12.1 Å². The maximum Gasteiger partial charge on any atom is 0.315 e. The summed E-state index contributed by atoms with van der Waals surface area (Å²) in [5.74, 6) is 1.60. The lowest BCUT2D eigenvalue weighted by atomic mass is 10.2. The number of aldehydes is 2. The van der Waals surface area contributed by atoms with Crippen LogP contribution in [0.15, 0.2) is 0 Å². The summed E-state index contributed by atoms with van der Waals surface area (Å²) in [4.78, 5) is 33.1. The molecule has 7 heteroatoms. The molecule has 2 N–H and O–H groups in total. The SMILES string of the molecule is CSCCC(C=O)NC(=O)NC(C=O)CCSC. The van der Waals surface area contributed by atoms with Gasteiger partial charge in [-0.1, -0.05) is 0 Å². The highest BCUT2D eigenvalue weighted by atomic mass is 32.2. The van der Waals surface area contributed by atoms with Crippen LogP contribution in [-0.4, -0.2) is 54.7 Å². The molecule has 0 aliphatic rings. The molecule has 2 atom stereocenters. The van der Waals surface area contributed by atoms with Gasteiger partial charge in [0.1, 0.15) is 12.6 Å². The van der Waals surface area contributed by atoms with Gasteiger partial charge in [-0.05, 0) is 36.9 Å². The molecule has 0 spiro atoms. The molecule has 2 amide bonds. The first-order chi connectivity index (χ1) is 8.67. The van der Waals surface area contributed by atoms with E-state index in [1.165, 1.54) is 0 Å². The van der Waals surface area contributed by atoms with E-state index in [4.69, 9.17) is 0 Å². The Kier molecular flexibility index (Phi) is 11.0. The number of hydrogen-bond acceptors (Lipinski definition) is 5. The number of amides is 2. The van der Waals surface area contributed by atoms with E-state index in [1.54, 1.807) is 23.5 Å². The molecule has 0 saturated carbocycles. The predicted molar refractivity (Wildman–Crippen MR) is 77.4 cm³/mol. The van der Waals surface area contributed by atoms with Gasteiger partial charge in [0.25, 0.3) is 0 Å². The van der Waals surface area contributed by atoms with Crippen LogP contribution in [0.5, 0.6) is 0 Å². The van der Waals surface area contributed by atoms with E-state index >= 15 is 0 Å². The van der Waals surface area contributed by atoms with Crippen LogP contribution in [0.3, 0.4) is 0 Å². The summed E-state index contributed by atoms with van der Waals surface area (Å²) in [6, 6.07) is -1.46. The van der Waals surface area contributed by atoms with Gasteiger partial charge < -0.3 is 20.2 Å². The normalized spacial score (nSPS) is 13.4. The molecule has 104 valence electrons. The Balaban J connectivity index is 4.04. The average molecular weight is 292 g/mol. The summed E-state index contributed by atoms with van der Waals surface area (Å²) in [5, 5.41) is 5.09. The minimum Gasteiger partial charge on any atom is -0.329 e. The van der Waals surface area contributed by atoms with Crippen molar-refractivity contribution < 1.29 is 14.4 Å². The van der Waals surface area contributed by atoms with Crippen molar-refractivity contribution in [3.05, 3.63) is 0 Å².